The molecule has 0 saturated carbocycles. The van der Waals surface area contributed by atoms with Gasteiger partial charge in [0.15, 0.2) is 5.78 Å². The first-order valence-electron chi connectivity index (χ1n) is 8.81. The average Bonchev–Trinajstić information content (AvgIpc) is 2.61. The molecule has 0 amide bonds. The van der Waals surface area contributed by atoms with Crippen LogP contribution in [0.4, 0.5) is 5.69 Å². The van der Waals surface area contributed by atoms with Crippen molar-refractivity contribution in [1.29, 1.82) is 0 Å². The predicted octanol–water partition coefficient (Wildman–Crippen LogP) is 3.38. The maximum Gasteiger partial charge on any atom is 0.183 e. The van der Waals surface area contributed by atoms with E-state index in [-0.39, 0.29) is 5.78 Å². The van der Waals surface area contributed by atoms with Gasteiger partial charge in [-0.15, -0.1) is 6.58 Å². The highest BCUT2D eigenvalue weighted by Gasteiger charge is 2.38. The molecule has 1 aliphatic rings. The van der Waals surface area contributed by atoms with Gasteiger partial charge in [-0.2, -0.15) is 0 Å². The zero-order valence-corrected chi connectivity index (χ0v) is 15.3. The highest BCUT2D eigenvalue weighted by atomic mass is 16.5. The maximum absolute atomic E-state index is 13.3. The minimum Gasteiger partial charge on any atom is -0.378 e. The van der Waals surface area contributed by atoms with E-state index in [1.54, 1.807) is 0 Å². The van der Waals surface area contributed by atoms with Gasteiger partial charge in [-0.05, 0) is 51.2 Å². The number of likely N-dealkylation sites (N-methyl/N-ethyl adjacent to an activating group) is 1. The minimum atomic E-state index is -0.503. The molecule has 1 aromatic carbocycles. The van der Waals surface area contributed by atoms with Gasteiger partial charge in [-0.3, -0.25) is 9.69 Å². The smallest absolute Gasteiger partial charge is 0.183 e. The number of rotatable bonds is 8. The number of hydrogen-bond donors (Lipinski definition) is 0. The number of carbonyl (C=O) groups excluding carboxylic acids is 1. The third kappa shape index (κ3) is 3.87. The van der Waals surface area contributed by atoms with E-state index in [2.05, 4.69) is 35.4 Å². The largest absolute Gasteiger partial charge is 0.378 e. The molecule has 1 fully saturated rings. The number of benzene rings is 1. The van der Waals surface area contributed by atoms with E-state index in [4.69, 9.17) is 4.74 Å². The third-order valence-electron chi connectivity index (χ3n) is 4.93. The Balaban J connectivity index is 2.24. The molecule has 1 saturated heterocycles. The van der Waals surface area contributed by atoms with Gasteiger partial charge >= 0.3 is 0 Å². The summed E-state index contributed by atoms with van der Waals surface area (Å²) in [5.74, 6) is 0.183. The van der Waals surface area contributed by atoms with Crippen molar-refractivity contribution in [2.24, 2.45) is 0 Å². The molecule has 0 bridgehead atoms. The number of morpholine rings is 1. The Labute approximate surface area is 146 Å². The lowest BCUT2D eigenvalue weighted by molar-refractivity contribution is 0.0658. The molecule has 0 aromatic heterocycles. The summed E-state index contributed by atoms with van der Waals surface area (Å²) >= 11 is 0. The molecule has 2 rings (SSSR count). The molecule has 132 valence electrons. The lowest BCUT2D eigenvalue weighted by Gasteiger charge is -2.38. The van der Waals surface area contributed by atoms with Crippen molar-refractivity contribution >= 4 is 11.5 Å². The first-order valence-corrected chi connectivity index (χ1v) is 8.81. The number of ether oxygens (including phenoxy) is 1. The number of anilines is 1. The molecule has 1 unspecified atom stereocenters. The molecule has 1 aliphatic heterocycles. The van der Waals surface area contributed by atoms with Crippen LogP contribution in [0.2, 0.25) is 0 Å². The van der Waals surface area contributed by atoms with E-state index < -0.39 is 5.54 Å². The highest BCUT2D eigenvalue weighted by Crippen LogP contribution is 2.29. The third-order valence-corrected chi connectivity index (χ3v) is 4.93. The molecule has 0 N–H and O–H groups in total. The van der Waals surface area contributed by atoms with Crippen LogP contribution >= 0.6 is 0 Å². The first-order chi connectivity index (χ1) is 11.5. The fourth-order valence-corrected chi connectivity index (χ4v) is 3.48. The van der Waals surface area contributed by atoms with Crippen LogP contribution in [0.3, 0.4) is 0 Å². The summed E-state index contributed by atoms with van der Waals surface area (Å²) in [6.07, 6.45) is 4.31. The predicted molar refractivity (Wildman–Crippen MR) is 99.9 cm³/mol. The molecule has 0 aliphatic carbocycles. The maximum atomic E-state index is 13.3. The first kappa shape index (κ1) is 18.7. The molecule has 24 heavy (non-hydrogen) atoms. The zero-order valence-electron chi connectivity index (χ0n) is 15.3. The summed E-state index contributed by atoms with van der Waals surface area (Å²) in [5.41, 5.74) is 1.43. The van der Waals surface area contributed by atoms with Crippen molar-refractivity contribution in [3.05, 3.63) is 42.5 Å². The van der Waals surface area contributed by atoms with Gasteiger partial charge in [0.25, 0.3) is 0 Å². The zero-order chi connectivity index (χ0) is 17.6. The van der Waals surface area contributed by atoms with Crippen LogP contribution in [-0.2, 0) is 4.74 Å². The highest BCUT2D eigenvalue weighted by molar-refractivity contribution is 6.03. The molecular weight excluding hydrogens is 300 g/mol. The fraction of sp³-hybridized carbons (Fsp3) is 0.550. The second kappa shape index (κ2) is 8.45. The van der Waals surface area contributed by atoms with Crippen LogP contribution in [0.25, 0.3) is 0 Å². The van der Waals surface area contributed by atoms with Gasteiger partial charge in [0.05, 0.1) is 18.8 Å². The van der Waals surface area contributed by atoms with Crippen LogP contribution in [0.5, 0.6) is 0 Å². The van der Waals surface area contributed by atoms with E-state index in [0.717, 1.165) is 50.4 Å². The van der Waals surface area contributed by atoms with Gasteiger partial charge in [-0.1, -0.05) is 19.4 Å². The van der Waals surface area contributed by atoms with Gasteiger partial charge in [0.2, 0.25) is 0 Å². The van der Waals surface area contributed by atoms with Gasteiger partial charge in [0, 0.05) is 24.3 Å². The number of carbonyl (C=O) groups is 1. The quantitative estimate of drug-likeness (QED) is 0.540. The molecule has 0 spiro atoms. The van der Waals surface area contributed by atoms with Crippen molar-refractivity contribution in [3.63, 3.8) is 0 Å². The van der Waals surface area contributed by atoms with Crippen molar-refractivity contribution < 1.29 is 9.53 Å². The summed E-state index contributed by atoms with van der Waals surface area (Å²) < 4.78 is 5.40. The lowest BCUT2D eigenvalue weighted by Crippen LogP contribution is -2.50. The Morgan fingerprint density at radius 3 is 2.42 bits per heavy atom. The van der Waals surface area contributed by atoms with Crippen molar-refractivity contribution in [1.82, 2.24) is 4.90 Å². The van der Waals surface area contributed by atoms with E-state index >= 15 is 0 Å². The van der Waals surface area contributed by atoms with Crippen LogP contribution in [-0.4, -0.2) is 56.6 Å². The molecule has 1 heterocycles. The molecule has 4 heteroatoms. The van der Waals surface area contributed by atoms with Crippen LogP contribution in [0.15, 0.2) is 36.9 Å². The second-order valence-electron chi connectivity index (χ2n) is 6.64. The van der Waals surface area contributed by atoms with E-state index in [1.165, 1.54) is 0 Å². The number of hydrogen-bond acceptors (Lipinski definition) is 4. The Hall–Kier alpha value is -1.65. The topological polar surface area (TPSA) is 32.8 Å². The Bertz CT molecular complexity index is 547. The summed E-state index contributed by atoms with van der Waals surface area (Å²) in [6.45, 7) is 9.32. The van der Waals surface area contributed by atoms with E-state index in [0.29, 0.717) is 6.42 Å². The normalized spacial score (nSPS) is 17.6. The minimum absolute atomic E-state index is 0.183. The Kier molecular flexibility index (Phi) is 6.58. The summed E-state index contributed by atoms with van der Waals surface area (Å²) in [5, 5.41) is 0. The summed E-state index contributed by atoms with van der Waals surface area (Å²) in [4.78, 5) is 17.6. The summed E-state index contributed by atoms with van der Waals surface area (Å²) in [7, 11) is 3.97. The number of ketones is 1. The Morgan fingerprint density at radius 2 is 1.92 bits per heavy atom. The van der Waals surface area contributed by atoms with Crippen molar-refractivity contribution in [3.8, 4) is 0 Å². The van der Waals surface area contributed by atoms with Crippen molar-refractivity contribution in [2.45, 2.75) is 31.7 Å². The monoisotopic (exact) mass is 330 g/mol. The average molecular weight is 330 g/mol. The Morgan fingerprint density at radius 1 is 1.29 bits per heavy atom. The molecule has 4 nitrogen and oxygen atoms in total. The summed E-state index contributed by atoms with van der Waals surface area (Å²) in [6, 6.07) is 8.03. The van der Waals surface area contributed by atoms with Gasteiger partial charge in [-0.25, -0.2) is 0 Å². The second-order valence-corrected chi connectivity index (χ2v) is 6.64. The molecular formula is C20H30N2O2. The van der Waals surface area contributed by atoms with E-state index in [1.807, 2.05) is 32.3 Å². The van der Waals surface area contributed by atoms with E-state index in [9.17, 15) is 4.79 Å². The lowest BCUT2D eigenvalue weighted by atomic mass is 9.81. The number of Topliss-reactive ketones (excluding diaryl/α,β-unsaturated/α-hetero) is 1. The van der Waals surface area contributed by atoms with Crippen LogP contribution < -0.4 is 4.90 Å². The standard InChI is InChI=1S/C20H30N2O2/c1-5-11-20(12-6-2,21(3)4)19(23)17-7-9-18(10-8-17)22-13-15-24-16-14-22/h5,7-10H,1,6,11-16H2,2-4H3. The molecule has 1 atom stereocenters. The molecule has 1 aromatic rings. The molecule has 0 radical (unpaired) electrons. The van der Waals surface area contributed by atoms with Crippen LogP contribution in [0, 0.1) is 0 Å². The fourth-order valence-electron chi connectivity index (χ4n) is 3.48. The number of nitrogens with zero attached hydrogens (tertiary/aromatic N) is 2. The SMILES string of the molecule is C=CCC(CCC)(C(=O)c1ccc(N2CCOCC2)cc1)N(C)C. The van der Waals surface area contributed by atoms with Crippen molar-refractivity contribution in [2.75, 3.05) is 45.3 Å². The van der Waals surface area contributed by atoms with Gasteiger partial charge in [0.1, 0.15) is 0 Å². The van der Waals surface area contributed by atoms with Crippen LogP contribution in [0.1, 0.15) is 36.5 Å². The van der Waals surface area contributed by atoms with Gasteiger partial charge < -0.3 is 9.64 Å².